The molecule has 0 spiro atoms. The fourth-order valence-corrected chi connectivity index (χ4v) is 5.67. The minimum atomic E-state index is 0.0982. The van der Waals surface area contributed by atoms with Crippen molar-refractivity contribution in [1.82, 2.24) is 15.0 Å². The van der Waals surface area contributed by atoms with Crippen LogP contribution < -0.4 is 14.4 Å². The van der Waals surface area contributed by atoms with Gasteiger partial charge in [0.25, 0.3) is 0 Å². The molecule has 5 rings (SSSR count). The van der Waals surface area contributed by atoms with Crippen LogP contribution in [0.2, 0.25) is 0 Å². The third kappa shape index (κ3) is 8.15. The molecule has 0 aliphatic carbocycles. The normalized spacial score (nSPS) is 14.7. The van der Waals surface area contributed by atoms with Crippen LogP contribution in [-0.2, 0) is 24.3 Å². The molecular formula is C35H42N4O4. The van der Waals surface area contributed by atoms with Crippen LogP contribution >= 0.6 is 0 Å². The van der Waals surface area contributed by atoms with Gasteiger partial charge in [-0.2, -0.15) is 4.98 Å². The van der Waals surface area contributed by atoms with Gasteiger partial charge < -0.3 is 23.8 Å². The number of rotatable bonds is 8. The third-order valence-corrected chi connectivity index (χ3v) is 8.04. The number of methoxy groups -OCH3 is 2. The molecule has 4 aromatic rings. The molecule has 0 fully saturated rings. The van der Waals surface area contributed by atoms with Crippen molar-refractivity contribution in [2.45, 2.75) is 64.5 Å². The number of anilines is 1. The first-order valence-corrected chi connectivity index (χ1v) is 15.3. The Labute approximate surface area is 254 Å². The molecule has 1 aliphatic heterocycles. The van der Waals surface area contributed by atoms with E-state index >= 15 is 0 Å². The predicted octanol–water partition coefficient (Wildman–Crippen LogP) is 7.08. The molecule has 8 heteroatoms. The first-order valence-electron chi connectivity index (χ1n) is 15.3. The number of fused-ring (bicyclic) bond motifs is 1. The van der Waals surface area contributed by atoms with Gasteiger partial charge in [-0.15, -0.1) is 0 Å². The summed E-state index contributed by atoms with van der Waals surface area (Å²) in [6.45, 7) is 3.17. The summed E-state index contributed by atoms with van der Waals surface area (Å²) in [6, 6.07) is 24.6. The van der Waals surface area contributed by atoms with E-state index in [4.69, 9.17) is 14.0 Å². The number of hydrogen-bond acceptors (Lipinski definition) is 7. The highest BCUT2D eigenvalue weighted by Gasteiger charge is 2.21. The topological polar surface area (TPSA) is 80.9 Å². The average Bonchev–Trinajstić information content (AvgIpc) is 3.53. The summed E-state index contributed by atoms with van der Waals surface area (Å²) >= 11 is 0. The molecule has 8 nitrogen and oxygen atoms in total. The maximum absolute atomic E-state index is 13.7. The molecule has 1 aromatic heterocycles. The number of amides is 1. The standard InChI is InChI=1S/C35H42N4O4/c1-41-29-18-19-30(32(24-29)42-2)35-36-33(43-37-35)20-21-34(40)39-23-13-6-4-3-5-12-22-38(25-27-14-8-7-9-15-27)31-17-11-10-16-28(31)26-39/h7-11,14-19,24H,3-6,12-13,20-23,25-26H2,1-2H3. The molecule has 2 heterocycles. The molecule has 226 valence electrons. The van der Waals surface area contributed by atoms with Gasteiger partial charge in [0.1, 0.15) is 11.5 Å². The number of para-hydroxylation sites is 1. The van der Waals surface area contributed by atoms with Crippen molar-refractivity contribution < 1.29 is 18.8 Å². The second-order valence-electron chi connectivity index (χ2n) is 11.1. The summed E-state index contributed by atoms with van der Waals surface area (Å²) in [4.78, 5) is 22.7. The quantitative estimate of drug-likeness (QED) is 0.220. The van der Waals surface area contributed by atoms with E-state index in [1.165, 1.54) is 42.5 Å². The lowest BCUT2D eigenvalue weighted by Crippen LogP contribution is -2.33. The van der Waals surface area contributed by atoms with E-state index in [2.05, 4.69) is 69.6 Å². The molecule has 0 bridgehead atoms. The first kappa shape index (κ1) is 30.1. The van der Waals surface area contributed by atoms with Crippen LogP contribution in [0.5, 0.6) is 11.5 Å². The Bertz CT molecular complexity index is 1460. The fourth-order valence-electron chi connectivity index (χ4n) is 5.67. The monoisotopic (exact) mass is 582 g/mol. The van der Waals surface area contributed by atoms with Crippen molar-refractivity contribution in [3.8, 4) is 22.9 Å². The molecule has 0 radical (unpaired) electrons. The zero-order valence-corrected chi connectivity index (χ0v) is 25.3. The van der Waals surface area contributed by atoms with Crippen LogP contribution in [0.15, 0.2) is 77.3 Å². The Kier molecular flexibility index (Phi) is 10.7. The lowest BCUT2D eigenvalue weighted by Gasteiger charge is -2.30. The number of aromatic nitrogens is 2. The Hall–Kier alpha value is -4.33. The number of hydrogen-bond donors (Lipinski definition) is 0. The van der Waals surface area contributed by atoms with Gasteiger partial charge in [0.05, 0.1) is 19.8 Å². The zero-order valence-electron chi connectivity index (χ0n) is 25.3. The molecule has 0 unspecified atom stereocenters. The highest BCUT2D eigenvalue weighted by atomic mass is 16.5. The van der Waals surface area contributed by atoms with E-state index in [9.17, 15) is 4.79 Å². The maximum Gasteiger partial charge on any atom is 0.227 e. The second-order valence-corrected chi connectivity index (χ2v) is 11.1. The molecule has 43 heavy (non-hydrogen) atoms. The van der Waals surface area contributed by atoms with Gasteiger partial charge in [-0.1, -0.05) is 79.4 Å². The first-order chi connectivity index (χ1) is 21.1. The van der Waals surface area contributed by atoms with E-state index in [0.29, 0.717) is 48.2 Å². The van der Waals surface area contributed by atoms with Gasteiger partial charge in [-0.25, -0.2) is 0 Å². The summed E-state index contributed by atoms with van der Waals surface area (Å²) in [5, 5.41) is 4.15. The van der Waals surface area contributed by atoms with Crippen molar-refractivity contribution in [1.29, 1.82) is 0 Å². The fraction of sp³-hybridized carbons (Fsp3) is 0.400. The number of nitrogens with zero attached hydrogens (tertiary/aromatic N) is 4. The highest BCUT2D eigenvalue weighted by molar-refractivity contribution is 5.76. The molecule has 1 aliphatic rings. The van der Waals surface area contributed by atoms with Crippen LogP contribution in [0.4, 0.5) is 5.69 Å². The predicted molar refractivity (Wildman–Crippen MR) is 168 cm³/mol. The molecule has 1 amide bonds. The lowest BCUT2D eigenvalue weighted by atomic mass is 10.1. The largest absolute Gasteiger partial charge is 0.497 e. The minimum Gasteiger partial charge on any atom is -0.497 e. The van der Waals surface area contributed by atoms with Gasteiger partial charge in [0.15, 0.2) is 0 Å². The maximum atomic E-state index is 13.7. The van der Waals surface area contributed by atoms with E-state index in [1.54, 1.807) is 20.3 Å². The summed E-state index contributed by atoms with van der Waals surface area (Å²) in [5.74, 6) is 2.23. The number of carbonyl (C=O) groups excluding carboxylic acids is 1. The number of ether oxygens (including phenoxy) is 2. The average molecular weight is 583 g/mol. The van der Waals surface area contributed by atoms with Gasteiger partial charge in [-0.05, 0) is 42.2 Å². The van der Waals surface area contributed by atoms with Crippen LogP contribution in [-0.4, -0.2) is 48.3 Å². The van der Waals surface area contributed by atoms with Crippen molar-refractivity contribution in [3.63, 3.8) is 0 Å². The van der Waals surface area contributed by atoms with E-state index in [0.717, 1.165) is 32.5 Å². The Morgan fingerprint density at radius 1 is 0.860 bits per heavy atom. The molecular weight excluding hydrogens is 540 g/mol. The Balaban J connectivity index is 1.31. The summed E-state index contributed by atoms with van der Waals surface area (Å²) < 4.78 is 16.3. The van der Waals surface area contributed by atoms with Crippen molar-refractivity contribution >= 4 is 11.6 Å². The minimum absolute atomic E-state index is 0.0982. The number of benzene rings is 3. The zero-order chi connectivity index (χ0) is 29.9. The highest BCUT2D eigenvalue weighted by Crippen LogP contribution is 2.32. The van der Waals surface area contributed by atoms with Gasteiger partial charge in [0.2, 0.25) is 17.6 Å². The van der Waals surface area contributed by atoms with Crippen LogP contribution in [0.1, 0.15) is 62.0 Å². The van der Waals surface area contributed by atoms with Crippen LogP contribution in [0.3, 0.4) is 0 Å². The van der Waals surface area contributed by atoms with E-state index in [-0.39, 0.29) is 5.91 Å². The van der Waals surface area contributed by atoms with Gasteiger partial charge in [0, 0.05) is 50.8 Å². The molecule has 3 aromatic carbocycles. The van der Waals surface area contributed by atoms with Crippen LogP contribution in [0, 0.1) is 0 Å². The third-order valence-electron chi connectivity index (χ3n) is 8.04. The second kappa shape index (κ2) is 15.2. The van der Waals surface area contributed by atoms with Gasteiger partial charge >= 0.3 is 0 Å². The lowest BCUT2D eigenvalue weighted by molar-refractivity contribution is -0.132. The summed E-state index contributed by atoms with van der Waals surface area (Å²) in [7, 11) is 3.20. The molecule has 0 atom stereocenters. The molecule has 0 saturated carbocycles. The van der Waals surface area contributed by atoms with E-state index < -0.39 is 0 Å². The smallest absolute Gasteiger partial charge is 0.227 e. The van der Waals surface area contributed by atoms with Crippen LogP contribution in [0.25, 0.3) is 11.4 Å². The number of carbonyl (C=O) groups is 1. The molecule has 0 saturated heterocycles. The Morgan fingerprint density at radius 2 is 1.60 bits per heavy atom. The van der Waals surface area contributed by atoms with Crippen molar-refractivity contribution in [2.75, 3.05) is 32.2 Å². The number of aryl methyl sites for hydroxylation is 1. The SMILES string of the molecule is COc1ccc(-c2noc(CCC(=O)N3CCCCCCCCN(Cc4ccccc4)c4ccccc4C3)n2)c(OC)c1. The summed E-state index contributed by atoms with van der Waals surface area (Å²) in [5.41, 5.74) is 4.39. The van der Waals surface area contributed by atoms with Crippen molar-refractivity contribution in [3.05, 3.63) is 89.8 Å². The summed E-state index contributed by atoms with van der Waals surface area (Å²) in [6.07, 6.45) is 7.64. The van der Waals surface area contributed by atoms with Crippen molar-refractivity contribution in [2.24, 2.45) is 0 Å². The Morgan fingerprint density at radius 3 is 2.40 bits per heavy atom. The van der Waals surface area contributed by atoms with Gasteiger partial charge in [-0.3, -0.25) is 4.79 Å². The van der Waals surface area contributed by atoms with E-state index in [1.807, 2.05) is 17.0 Å². The molecule has 0 N–H and O–H groups in total.